The Labute approximate surface area is 696 Å². The number of aliphatic hydroxyl groups excluding tert-OH is 1. The van der Waals surface area contributed by atoms with Crippen LogP contribution in [-0.2, 0) is 65.4 Å². The van der Waals surface area contributed by atoms with E-state index < -0.39 is 97.5 Å². The molecule has 19 heteroatoms. The first-order valence-electron chi connectivity index (χ1n) is 48.6. The van der Waals surface area contributed by atoms with Crippen molar-refractivity contribution in [1.29, 1.82) is 0 Å². The van der Waals surface area contributed by atoms with Crippen molar-refractivity contribution in [1.82, 2.24) is 0 Å². The Hall–Kier alpha value is -1.94. The molecule has 0 fully saturated rings. The summed E-state index contributed by atoms with van der Waals surface area (Å²) in [6.45, 7) is 9.84. The van der Waals surface area contributed by atoms with Crippen LogP contribution in [0.25, 0.3) is 0 Å². The van der Waals surface area contributed by atoms with Crippen molar-refractivity contribution in [3.8, 4) is 0 Å². The number of esters is 4. The average Bonchev–Trinajstić information content (AvgIpc) is 0.892. The van der Waals surface area contributed by atoms with Gasteiger partial charge in [-0.15, -0.1) is 0 Å². The van der Waals surface area contributed by atoms with Gasteiger partial charge >= 0.3 is 39.5 Å². The summed E-state index contributed by atoms with van der Waals surface area (Å²) in [4.78, 5) is 73.4. The molecule has 113 heavy (non-hydrogen) atoms. The van der Waals surface area contributed by atoms with Crippen LogP contribution in [0.15, 0.2) is 0 Å². The van der Waals surface area contributed by atoms with Gasteiger partial charge in [0.2, 0.25) is 0 Å². The van der Waals surface area contributed by atoms with Crippen molar-refractivity contribution >= 4 is 39.5 Å². The minimum Gasteiger partial charge on any atom is -0.462 e. The standard InChI is InChI=1S/C94H184O17P2/c1-7-11-13-15-17-19-20-21-22-23-24-25-33-38-43-48-54-60-66-72-78-93(98)110-89(82-104-91(96)76-70-64-58-50-18-16-14-12-8-2)84-108-112(100,101)106-80-88(95)81-107-113(102,103)109-85-90(111-94(99)79-73-67-61-55-49-44-39-34-29-27-31-36-41-46-52-57-63-69-75-87(6)10-4)83-105-92(97)77-71-65-59-53-47-42-37-32-28-26-30-35-40-45-51-56-62-68-74-86(5)9-3/h86-90,95H,7-85H2,1-6H3,(H,100,101)(H,102,103)/t86?,87?,88-,89+,90+/m0/s1. The molecule has 0 spiro atoms. The third kappa shape index (κ3) is 84.9. The summed E-state index contributed by atoms with van der Waals surface area (Å²) in [6, 6.07) is 0. The zero-order chi connectivity index (χ0) is 82.7. The largest absolute Gasteiger partial charge is 0.472 e. The second kappa shape index (κ2) is 85.1. The lowest BCUT2D eigenvalue weighted by atomic mass is 9.99. The molecule has 0 bridgehead atoms. The third-order valence-electron chi connectivity index (χ3n) is 22.9. The predicted molar refractivity (Wildman–Crippen MR) is 469 cm³/mol. The van der Waals surface area contributed by atoms with Gasteiger partial charge < -0.3 is 33.8 Å². The Kier molecular flexibility index (Phi) is 83.6. The van der Waals surface area contributed by atoms with Crippen LogP contribution in [-0.4, -0.2) is 96.7 Å². The van der Waals surface area contributed by atoms with E-state index in [2.05, 4.69) is 41.5 Å². The minimum absolute atomic E-state index is 0.109. The number of rotatable bonds is 93. The van der Waals surface area contributed by atoms with E-state index in [1.54, 1.807) is 0 Å². The van der Waals surface area contributed by atoms with Crippen molar-refractivity contribution in [3.63, 3.8) is 0 Å². The maximum Gasteiger partial charge on any atom is 0.472 e. The summed E-state index contributed by atoms with van der Waals surface area (Å²) in [5.41, 5.74) is 0. The number of unbranched alkanes of at least 4 members (excludes halogenated alkanes) is 61. The Balaban J connectivity index is 5.19. The molecule has 0 saturated carbocycles. The van der Waals surface area contributed by atoms with Gasteiger partial charge in [0, 0.05) is 25.7 Å². The molecule has 0 aromatic heterocycles. The molecule has 0 amide bonds. The Morgan fingerprint density at radius 2 is 0.425 bits per heavy atom. The highest BCUT2D eigenvalue weighted by atomic mass is 31.2. The monoisotopic (exact) mass is 1650 g/mol. The van der Waals surface area contributed by atoms with Crippen LogP contribution in [0.4, 0.5) is 0 Å². The summed E-state index contributed by atoms with van der Waals surface area (Å²) >= 11 is 0. The van der Waals surface area contributed by atoms with Gasteiger partial charge in [0.15, 0.2) is 12.2 Å². The molecule has 4 unspecified atom stereocenters. The maximum absolute atomic E-state index is 13.2. The zero-order valence-electron chi connectivity index (χ0n) is 74.7. The van der Waals surface area contributed by atoms with Crippen LogP contribution < -0.4 is 0 Å². The van der Waals surface area contributed by atoms with E-state index in [1.165, 1.54) is 327 Å². The Morgan fingerprint density at radius 1 is 0.248 bits per heavy atom. The molecule has 0 rings (SSSR count). The van der Waals surface area contributed by atoms with Gasteiger partial charge in [0.1, 0.15) is 19.3 Å². The first-order valence-corrected chi connectivity index (χ1v) is 51.6. The van der Waals surface area contributed by atoms with Gasteiger partial charge in [-0.25, -0.2) is 9.13 Å². The maximum atomic E-state index is 13.2. The van der Waals surface area contributed by atoms with Crippen molar-refractivity contribution in [2.24, 2.45) is 11.8 Å². The molecule has 0 aromatic carbocycles. The van der Waals surface area contributed by atoms with Gasteiger partial charge in [0.05, 0.1) is 26.4 Å². The number of hydrogen-bond acceptors (Lipinski definition) is 15. The number of phosphoric acid groups is 2. The predicted octanol–water partition coefficient (Wildman–Crippen LogP) is 29.4. The fraction of sp³-hybridized carbons (Fsp3) is 0.957. The minimum atomic E-state index is -4.97. The summed E-state index contributed by atoms with van der Waals surface area (Å²) in [5.74, 6) is -0.349. The average molecular weight is 1650 g/mol. The zero-order valence-corrected chi connectivity index (χ0v) is 76.5. The highest BCUT2D eigenvalue weighted by Gasteiger charge is 2.31. The van der Waals surface area contributed by atoms with Crippen LogP contribution in [0.1, 0.15) is 510 Å². The lowest BCUT2D eigenvalue weighted by molar-refractivity contribution is -0.161. The van der Waals surface area contributed by atoms with E-state index in [0.717, 1.165) is 102 Å². The van der Waals surface area contributed by atoms with E-state index in [9.17, 15) is 43.2 Å². The number of carbonyl (C=O) groups excluding carboxylic acids is 4. The van der Waals surface area contributed by atoms with Gasteiger partial charge in [-0.1, -0.05) is 459 Å². The molecular formula is C94H184O17P2. The van der Waals surface area contributed by atoms with Gasteiger partial charge in [0.25, 0.3) is 0 Å². The highest BCUT2D eigenvalue weighted by Crippen LogP contribution is 2.45. The molecule has 0 radical (unpaired) electrons. The highest BCUT2D eigenvalue weighted by molar-refractivity contribution is 7.47. The summed E-state index contributed by atoms with van der Waals surface area (Å²) in [5, 5.41) is 10.7. The van der Waals surface area contributed by atoms with E-state index in [0.29, 0.717) is 25.7 Å². The van der Waals surface area contributed by atoms with Crippen LogP contribution >= 0.6 is 15.6 Å². The number of hydrogen-bond donors (Lipinski definition) is 3. The normalized spacial score (nSPS) is 14.2. The van der Waals surface area contributed by atoms with E-state index >= 15 is 0 Å². The molecule has 0 aromatic rings. The molecular weight excluding hydrogens is 1460 g/mol. The van der Waals surface area contributed by atoms with Gasteiger partial charge in [-0.2, -0.15) is 0 Å². The second-order valence-corrected chi connectivity index (χ2v) is 37.1. The number of aliphatic hydroxyl groups is 1. The van der Waals surface area contributed by atoms with Crippen molar-refractivity contribution in [3.05, 3.63) is 0 Å². The van der Waals surface area contributed by atoms with Crippen LogP contribution in [0.5, 0.6) is 0 Å². The molecule has 0 saturated heterocycles. The topological polar surface area (TPSA) is 237 Å². The van der Waals surface area contributed by atoms with Gasteiger partial charge in [-0.05, 0) is 37.5 Å². The molecule has 7 atom stereocenters. The number of carbonyl (C=O) groups is 4. The fourth-order valence-corrected chi connectivity index (χ4v) is 16.3. The molecule has 17 nitrogen and oxygen atoms in total. The Bertz CT molecular complexity index is 2150. The molecule has 0 aliphatic rings. The SMILES string of the molecule is CCCCCCCCCCCCCCCCCCCCCCC(=O)O[C@H](COC(=O)CCCCCCCCCCC)COP(=O)(O)OC[C@H](O)COP(=O)(O)OC[C@@H](COC(=O)CCCCCCCCCCCCCCCCCCCCC(C)CC)OC(=O)CCCCCCCCCCCCCCCCCCCCC(C)CC. The van der Waals surface area contributed by atoms with E-state index in [4.69, 9.17) is 37.0 Å². The molecule has 3 N–H and O–H groups in total. The first kappa shape index (κ1) is 111. The molecule has 0 heterocycles. The summed E-state index contributed by atoms with van der Waals surface area (Å²) < 4.78 is 69.1. The number of ether oxygens (including phenoxy) is 4. The molecule has 0 aliphatic carbocycles. The Morgan fingerprint density at radius 3 is 0.628 bits per heavy atom. The summed E-state index contributed by atoms with van der Waals surface area (Å²) in [7, 11) is -9.94. The van der Waals surface area contributed by atoms with Crippen molar-refractivity contribution in [2.75, 3.05) is 39.6 Å². The van der Waals surface area contributed by atoms with Gasteiger partial charge in [-0.3, -0.25) is 37.3 Å². The fourth-order valence-electron chi connectivity index (χ4n) is 14.8. The van der Waals surface area contributed by atoms with Crippen LogP contribution in [0, 0.1) is 11.8 Å². The molecule has 672 valence electrons. The van der Waals surface area contributed by atoms with Crippen molar-refractivity contribution < 1.29 is 80.2 Å². The third-order valence-corrected chi connectivity index (χ3v) is 24.8. The number of phosphoric ester groups is 2. The molecule has 0 aliphatic heterocycles. The van der Waals surface area contributed by atoms with Crippen LogP contribution in [0.3, 0.4) is 0 Å². The lowest BCUT2D eigenvalue weighted by Crippen LogP contribution is -2.30. The first-order chi connectivity index (χ1) is 54.9. The van der Waals surface area contributed by atoms with Crippen molar-refractivity contribution in [2.45, 2.75) is 529 Å². The quantitative estimate of drug-likeness (QED) is 0.0222. The smallest absolute Gasteiger partial charge is 0.462 e. The second-order valence-electron chi connectivity index (χ2n) is 34.2. The lowest BCUT2D eigenvalue weighted by Gasteiger charge is -2.21. The van der Waals surface area contributed by atoms with E-state index in [1.807, 2.05) is 0 Å². The van der Waals surface area contributed by atoms with E-state index in [-0.39, 0.29) is 25.7 Å². The van der Waals surface area contributed by atoms with Crippen LogP contribution in [0.2, 0.25) is 0 Å². The summed E-state index contributed by atoms with van der Waals surface area (Å²) in [6.07, 6.45) is 80.7.